The lowest BCUT2D eigenvalue weighted by Crippen LogP contribution is -2.41. The van der Waals surface area contributed by atoms with Gasteiger partial charge in [-0.2, -0.15) is 0 Å². The summed E-state index contributed by atoms with van der Waals surface area (Å²) in [5, 5.41) is 3.32. The first kappa shape index (κ1) is 14.8. The van der Waals surface area contributed by atoms with Crippen LogP contribution in [0.1, 0.15) is 6.92 Å². The molecule has 4 nitrogen and oxygen atoms in total. The number of urea groups is 1. The first-order valence-electron chi connectivity index (χ1n) is 7.15. The molecule has 1 aliphatic rings. The quantitative estimate of drug-likeness (QED) is 0.902. The molecule has 2 aromatic rings. The summed E-state index contributed by atoms with van der Waals surface area (Å²) in [5.41, 5.74) is 1.73. The second-order valence-electron chi connectivity index (χ2n) is 5.17. The van der Waals surface area contributed by atoms with Crippen LogP contribution in [0.15, 0.2) is 53.4 Å². The molecule has 0 radical (unpaired) electrons. The molecule has 0 aromatic heterocycles. The molecule has 0 spiro atoms. The number of methoxy groups -OCH3 is 1. The van der Waals surface area contributed by atoms with E-state index in [9.17, 15) is 4.79 Å². The van der Waals surface area contributed by atoms with E-state index in [4.69, 9.17) is 4.74 Å². The number of benzene rings is 2. The lowest BCUT2D eigenvalue weighted by atomic mass is 10.2. The summed E-state index contributed by atoms with van der Waals surface area (Å²) in [6, 6.07) is 15.2. The lowest BCUT2D eigenvalue weighted by Gasteiger charge is -2.32. The molecule has 1 heterocycles. The Hall–Kier alpha value is -2.14. The molecule has 3 rings (SSSR count). The van der Waals surface area contributed by atoms with Crippen LogP contribution >= 0.6 is 11.8 Å². The molecule has 0 saturated heterocycles. The Bertz CT molecular complexity index is 673. The van der Waals surface area contributed by atoms with E-state index in [0.717, 1.165) is 22.0 Å². The lowest BCUT2D eigenvalue weighted by molar-refractivity contribution is 0.256. The number of para-hydroxylation sites is 1. The van der Waals surface area contributed by atoms with Crippen LogP contribution in [0.2, 0.25) is 0 Å². The Morgan fingerprint density at radius 3 is 2.68 bits per heavy atom. The third-order valence-corrected chi connectivity index (χ3v) is 4.66. The van der Waals surface area contributed by atoms with Gasteiger partial charge in [-0.1, -0.05) is 19.1 Å². The molecule has 1 atom stereocenters. The van der Waals surface area contributed by atoms with Crippen molar-refractivity contribution in [3.63, 3.8) is 0 Å². The van der Waals surface area contributed by atoms with E-state index in [1.54, 1.807) is 23.8 Å². The second kappa shape index (κ2) is 6.32. The molecule has 0 unspecified atom stereocenters. The molecule has 0 aliphatic carbocycles. The fourth-order valence-electron chi connectivity index (χ4n) is 2.45. The molecule has 2 aromatic carbocycles. The Kier molecular flexibility index (Phi) is 4.24. The summed E-state index contributed by atoms with van der Waals surface area (Å²) in [6.45, 7) is 2.83. The van der Waals surface area contributed by atoms with Gasteiger partial charge in [0, 0.05) is 22.4 Å². The highest BCUT2D eigenvalue weighted by atomic mass is 32.2. The van der Waals surface area contributed by atoms with Gasteiger partial charge in [-0.3, -0.25) is 4.90 Å². The van der Waals surface area contributed by atoms with Crippen LogP contribution in [-0.2, 0) is 0 Å². The second-order valence-corrected chi connectivity index (χ2v) is 6.65. The smallest absolute Gasteiger partial charge is 0.326 e. The maximum atomic E-state index is 12.6. The van der Waals surface area contributed by atoms with E-state index in [2.05, 4.69) is 18.3 Å². The summed E-state index contributed by atoms with van der Waals surface area (Å²) >= 11 is 1.81. The zero-order chi connectivity index (χ0) is 15.5. The first-order valence-corrected chi connectivity index (χ1v) is 8.03. The molecule has 1 aliphatic heterocycles. The van der Waals surface area contributed by atoms with Gasteiger partial charge >= 0.3 is 6.03 Å². The Labute approximate surface area is 134 Å². The minimum atomic E-state index is -0.107. The van der Waals surface area contributed by atoms with Gasteiger partial charge in [-0.05, 0) is 36.4 Å². The van der Waals surface area contributed by atoms with Crippen LogP contribution in [0, 0.1) is 0 Å². The van der Waals surface area contributed by atoms with E-state index in [-0.39, 0.29) is 6.03 Å². The third kappa shape index (κ3) is 3.04. The van der Waals surface area contributed by atoms with Crippen LogP contribution in [-0.4, -0.2) is 24.9 Å². The summed E-state index contributed by atoms with van der Waals surface area (Å²) in [4.78, 5) is 15.6. The van der Waals surface area contributed by atoms with Gasteiger partial charge in [0.25, 0.3) is 0 Å². The highest BCUT2D eigenvalue weighted by Gasteiger charge is 2.26. The summed E-state index contributed by atoms with van der Waals surface area (Å²) < 4.78 is 5.13. The molecule has 0 bridgehead atoms. The van der Waals surface area contributed by atoms with Crippen molar-refractivity contribution in [3.05, 3.63) is 48.5 Å². The normalized spacial score (nSPS) is 16.8. The fraction of sp³-hybridized carbons (Fsp3) is 0.235. The Morgan fingerprint density at radius 1 is 1.23 bits per heavy atom. The average Bonchev–Trinajstić information content (AvgIpc) is 2.54. The van der Waals surface area contributed by atoms with E-state index in [1.807, 2.05) is 42.5 Å². The average molecular weight is 314 g/mol. The first-order chi connectivity index (χ1) is 10.7. The zero-order valence-corrected chi connectivity index (χ0v) is 13.4. The van der Waals surface area contributed by atoms with Gasteiger partial charge in [0.05, 0.1) is 12.8 Å². The summed E-state index contributed by atoms with van der Waals surface area (Å²) in [6.07, 6.45) is 0. The van der Waals surface area contributed by atoms with Crippen molar-refractivity contribution in [2.45, 2.75) is 17.1 Å². The van der Waals surface area contributed by atoms with Gasteiger partial charge in [-0.25, -0.2) is 4.79 Å². The number of ether oxygens (including phenoxy) is 1. The van der Waals surface area contributed by atoms with Crippen LogP contribution < -0.4 is 15.0 Å². The number of thioether (sulfide) groups is 1. The standard InChI is InChI=1S/C17H18N2O2S/c1-12-11-19(15-5-3-4-6-16(15)22-12)17(20)18-13-7-9-14(21-2)10-8-13/h3-10,12H,11H2,1-2H3,(H,18,20)/t12-/m1/s1. The summed E-state index contributed by atoms with van der Waals surface area (Å²) in [5.74, 6) is 0.770. The van der Waals surface area contributed by atoms with Crippen molar-refractivity contribution in [3.8, 4) is 5.75 Å². The molecule has 0 saturated carbocycles. The number of carbonyl (C=O) groups excluding carboxylic acids is 1. The Balaban J connectivity index is 1.79. The number of rotatable bonds is 2. The molecule has 114 valence electrons. The highest BCUT2D eigenvalue weighted by Crippen LogP contribution is 2.38. The van der Waals surface area contributed by atoms with Crippen molar-refractivity contribution in [2.75, 3.05) is 23.9 Å². The number of nitrogens with one attached hydrogen (secondary N) is 1. The number of carbonyl (C=O) groups is 1. The fourth-order valence-corrected chi connectivity index (χ4v) is 3.56. The van der Waals surface area contributed by atoms with Gasteiger partial charge < -0.3 is 10.1 Å². The Morgan fingerprint density at radius 2 is 1.95 bits per heavy atom. The summed E-state index contributed by atoms with van der Waals surface area (Å²) in [7, 11) is 1.62. The van der Waals surface area contributed by atoms with Gasteiger partial charge in [0.15, 0.2) is 0 Å². The molecular weight excluding hydrogens is 296 g/mol. The predicted molar refractivity (Wildman–Crippen MR) is 91.1 cm³/mol. The largest absolute Gasteiger partial charge is 0.497 e. The highest BCUT2D eigenvalue weighted by molar-refractivity contribution is 8.00. The number of nitrogens with zero attached hydrogens (tertiary/aromatic N) is 1. The zero-order valence-electron chi connectivity index (χ0n) is 12.6. The molecule has 0 fully saturated rings. The molecular formula is C17H18N2O2S. The topological polar surface area (TPSA) is 41.6 Å². The maximum Gasteiger partial charge on any atom is 0.326 e. The monoisotopic (exact) mass is 314 g/mol. The molecule has 2 amide bonds. The van der Waals surface area contributed by atoms with Crippen LogP contribution in [0.3, 0.4) is 0 Å². The molecule has 22 heavy (non-hydrogen) atoms. The van der Waals surface area contributed by atoms with Crippen molar-refractivity contribution in [2.24, 2.45) is 0 Å². The molecule has 5 heteroatoms. The van der Waals surface area contributed by atoms with Gasteiger partial charge in [0.2, 0.25) is 0 Å². The van der Waals surface area contributed by atoms with Crippen LogP contribution in [0.4, 0.5) is 16.2 Å². The number of anilines is 2. The van der Waals surface area contributed by atoms with Crippen LogP contribution in [0.25, 0.3) is 0 Å². The van der Waals surface area contributed by atoms with Crippen molar-refractivity contribution >= 4 is 29.2 Å². The number of hydrogen-bond acceptors (Lipinski definition) is 3. The SMILES string of the molecule is COc1ccc(NC(=O)N2C[C@@H](C)Sc3ccccc32)cc1. The van der Waals surface area contributed by atoms with E-state index < -0.39 is 0 Å². The van der Waals surface area contributed by atoms with Crippen molar-refractivity contribution < 1.29 is 9.53 Å². The van der Waals surface area contributed by atoms with Crippen molar-refractivity contribution in [1.82, 2.24) is 0 Å². The van der Waals surface area contributed by atoms with Gasteiger partial charge in [0.1, 0.15) is 5.75 Å². The number of fused-ring (bicyclic) bond motifs is 1. The minimum Gasteiger partial charge on any atom is -0.497 e. The predicted octanol–water partition coefficient (Wildman–Crippen LogP) is 4.23. The minimum absolute atomic E-state index is 0.107. The maximum absolute atomic E-state index is 12.6. The number of amides is 2. The van der Waals surface area contributed by atoms with Crippen LogP contribution in [0.5, 0.6) is 5.75 Å². The molecule has 1 N–H and O–H groups in total. The van der Waals surface area contributed by atoms with E-state index >= 15 is 0 Å². The van der Waals surface area contributed by atoms with Crippen molar-refractivity contribution in [1.29, 1.82) is 0 Å². The third-order valence-electron chi connectivity index (χ3n) is 3.51. The van der Waals surface area contributed by atoms with E-state index in [0.29, 0.717) is 11.8 Å². The van der Waals surface area contributed by atoms with Gasteiger partial charge in [-0.15, -0.1) is 11.8 Å². The van der Waals surface area contributed by atoms with E-state index in [1.165, 1.54) is 0 Å². The number of hydrogen-bond donors (Lipinski definition) is 1.